The molecule has 94 valence electrons. The highest BCUT2D eigenvalue weighted by molar-refractivity contribution is 5.95. The molecule has 0 fully saturated rings. The molecule has 0 heterocycles. The molecule has 1 aromatic rings. The first-order chi connectivity index (χ1) is 7.95. The van der Waals surface area contributed by atoms with E-state index in [-0.39, 0.29) is 12.0 Å². The molecule has 4 nitrogen and oxygen atoms in total. The second-order valence-corrected chi connectivity index (χ2v) is 4.40. The lowest BCUT2D eigenvalue weighted by Gasteiger charge is -2.19. The molecule has 0 bridgehead atoms. The molecular formula is C13H20N2O2. The van der Waals surface area contributed by atoms with Crippen LogP contribution < -0.4 is 15.8 Å². The van der Waals surface area contributed by atoms with Gasteiger partial charge in [-0.05, 0) is 31.0 Å². The molecule has 1 amide bonds. The van der Waals surface area contributed by atoms with Gasteiger partial charge in [-0.2, -0.15) is 0 Å². The van der Waals surface area contributed by atoms with Crippen LogP contribution in [0.1, 0.15) is 31.1 Å². The van der Waals surface area contributed by atoms with Crippen molar-refractivity contribution in [2.75, 3.05) is 12.8 Å². The third kappa shape index (κ3) is 3.37. The molecule has 17 heavy (non-hydrogen) atoms. The monoisotopic (exact) mass is 236 g/mol. The third-order valence-electron chi connectivity index (χ3n) is 2.75. The zero-order valence-electron chi connectivity index (χ0n) is 10.8. The molecule has 1 unspecified atom stereocenters. The fraction of sp³-hybridized carbons (Fsp3) is 0.462. The van der Waals surface area contributed by atoms with Crippen molar-refractivity contribution in [2.45, 2.75) is 26.9 Å². The van der Waals surface area contributed by atoms with Crippen LogP contribution in [0.5, 0.6) is 5.75 Å². The number of anilines is 1. The van der Waals surface area contributed by atoms with Gasteiger partial charge in [0.15, 0.2) is 0 Å². The molecule has 1 aromatic carbocycles. The molecule has 0 spiro atoms. The first kappa shape index (κ1) is 13.4. The summed E-state index contributed by atoms with van der Waals surface area (Å²) < 4.78 is 5.74. The summed E-state index contributed by atoms with van der Waals surface area (Å²) in [7, 11) is 1.59. The Labute approximate surface area is 102 Å². The molecule has 1 rings (SSSR count). The second-order valence-electron chi connectivity index (χ2n) is 4.40. The van der Waals surface area contributed by atoms with Crippen LogP contribution in [0.15, 0.2) is 18.2 Å². The Bertz CT molecular complexity index is 402. The number of nitrogen functional groups attached to an aromatic ring is 1. The van der Waals surface area contributed by atoms with E-state index in [1.54, 1.807) is 25.2 Å². The van der Waals surface area contributed by atoms with Crippen LogP contribution in [0, 0.1) is 5.92 Å². The van der Waals surface area contributed by atoms with E-state index < -0.39 is 0 Å². The molecule has 0 aromatic heterocycles. The van der Waals surface area contributed by atoms with Crippen LogP contribution in [0.4, 0.5) is 5.69 Å². The van der Waals surface area contributed by atoms with Gasteiger partial charge in [0, 0.05) is 12.6 Å². The smallest absolute Gasteiger partial charge is 0.251 e. The maximum absolute atomic E-state index is 11.5. The number of hydrogen-bond donors (Lipinski definition) is 2. The third-order valence-corrected chi connectivity index (χ3v) is 2.75. The van der Waals surface area contributed by atoms with Gasteiger partial charge >= 0.3 is 0 Å². The minimum atomic E-state index is -0.146. The summed E-state index contributed by atoms with van der Waals surface area (Å²) in [5.41, 5.74) is 6.92. The Morgan fingerprint density at radius 2 is 2.00 bits per heavy atom. The number of rotatable bonds is 4. The number of benzene rings is 1. The highest BCUT2D eigenvalue weighted by Crippen LogP contribution is 2.25. The Hall–Kier alpha value is -1.71. The van der Waals surface area contributed by atoms with Crippen molar-refractivity contribution in [3.05, 3.63) is 23.8 Å². The summed E-state index contributed by atoms with van der Waals surface area (Å²) in [6.45, 7) is 6.13. The van der Waals surface area contributed by atoms with E-state index in [1.165, 1.54) is 0 Å². The van der Waals surface area contributed by atoms with Crippen molar-refractivity contribution in [2.24, 2.45) is 5.92 Å². The van der Waals surface area contributed by atoms with Crippen LogP contribution in [0.2, 0.25) is 0 Å². The first-order valence-corrected chi connectivity index (χ1v) is 5.74. The Kier molecular flexibility index (Phi) is 4.37. The summed E-state index contributed by atoms with van der Waals surface area (Å²) in [6, 6.07) is 5.04. The fourth-order valence-electron chi connectivity index (χ4n) is 1.26. The number of carbonyl (C=O) groups is 1. The molecule has 0 aliphatic carbocycles. The van der Waals surface area contributed by atoms with Crippen molar-refractivity contribution < 1.29 is 9.53 Å². The molecule has 3 N–H and O–H groups in total. The molecule has 0 radical (unpaired) electrons. The maximum atomic E-state index is 11.5. The summed E-state index contributed by atoms with van der Waals surface area (Å²) in [4.78, 5) is 11.5. The van der Waals surface area contributed by atoms with Gasteiger partial charge in [-0.25, -0.2) is 0 Å². The summed E-state index contributed by atoms with van der Waals surface area (Å²) in [5.74, 6) is 0.803. The Morgan fingerprint density at radius 3 is 2.53 bits per heavy atom. The number of nitrogens with two attached hydrogens (primary N) is 1. The SMILES string of the molecule is CNC(=O)c1ccc(N)c(OC(C)C(C)C)c1. The second kappa shape index (κ2) is 5.57. The van der Waals surface area contributed by atoms with Gasteiger partial charge in [-0.1, -0.05) is 13.8 Å². The zero-order chi connectivity index (χ0) is 13.0. The highest BCUT2D eigenvalue weighted by Gasteiger charge is 2.13. The normalized spacial score (nSPS) is 12.3. The molecule has 0 aliphatic rings. The highest BCUT2D eigenvalue weighted by atomic mass is 16.5. The van der Waals surface area contributed by atoms with E-state index in [1.807, 2.05) is 6.92 Å². The number of carbonyl (C=O) groups excluding carboxylic acids is 1. The van der Waals surface area contributed by atoms with Crippen molar-refractivity contribution >= 4 is 11.6 Å². The van der Waals surface area contributed by atoms with Gasteiger partial charge < -0.3 is 15.8 Å². The molecule has 0 aliphatic heterocycles. The van der Waals surface area contributed by atoms with Crippen LogP contribution in [0.25, 0.3) is 0 Å². The van der Waals surface area contributed by atoms with Gasteiger partial charge in [0.1, 0.15) is 5.75 Å². The van der Waals surface area contributed by atoms with Gasteiger partial charge in [0.2, 0.25) is 0 Å². The standard InChI is InChI=1S/C13H20N2O2/c1-8(2)9(3)17-12-7-10(13(16)15-4)5-6-11(12)14/h5-9H,14H2,1-4H3,(H,15,16). The predicted octanol–water partition coefficient (Wildman–Crippen LogP) is 2.05. The van der Waals surface area contributed by atoms with Crippen LogP contribution in [-0.4, -0.2) is 19.1 Å². The fourth-order valence-corrected chi connectivity index (χ4v) is 1.26. The quantitative estimate of drug-likeness (QED) is 0.786. The number of amides is 1. The van der Waals surface area contributed by atoms with Crippen LogP contribution in [-0.2, 0) is 0 Å². The largest absolute Gasteiger partial charge is 0.488 e. The molecule has 0 saturated carbocycles. The van der Waals surface area contributed by atoms with E-state index >= 15 is 0 Å². The van der Waals surface area contributed by atoms with Crippen molar-refractivity contribution in [1.82, 2.24) is 5.32 Å². The van der Waals surface area contributed by atoms with Gasteiger partial charge in [0.05, 0.1) is 11.8 Å². The van der Waals surface area contributed by atoms with Gasteiger partial charge in [-0.15, -0.1) is 0 Å². The lowest BCUT2D eigenvalue weighted by molar-refractivity contribution is 0.0962. The van der Waals surface area contributed by atoms with Crippen LogP contribution in [0.3, 0.4) is 0 Å². The van der Waals surface area contributed by atoms with Crippen LogP contribution >= 0.6 is 0 Å². The topological polar surface area (TPSA) is 64.4 Å². The lowest BCUT2D eigenvalue weighted by atomic mass is 10.1. The lowest BCUT2D eigenvalue weighted by Crippen LogP contribution is -2.21. The van der Waals surface area contributed by atoms with Crippen molar-refractivity contribution in [3.63, 3.8) is 0 Å². The molecular weight excluding hydrogens is 216 g/mol. The number of nitrogens with one attached hydrogen (secondary N) is 1. The average Bonchev–Trinajstić information content (AvgIpc) is 2.30. The summed E-state index contributed by atoms with van der Waals surface area (Å²) in [6.07, 6.45) is 0.0530. The molecule has 4 heteroatoms. The van der Waals surface area contributed by atoms with Gasteiger partial charge in [0.25, 0.3) is 5.91 Å². The summed E-state index contributed by atoms with van der Waals surface area (Å²) >= 11 is 0. The van der Waals surface area contributed by atoms with E-state index in [9.17, 15) is 4.79 Å². The van der Waals surface area contributed by atoms with E-state index in [0.29, 0.717) is 22.9 Å². The number of ether oxygens (including phenoxy) is 1. The minimum Gasteiger partial charge on any atom is -0.488 e. The zero-order valence-corrected chi connectivity index (χ0v) is 10.8. The summed E-state index contributed by atoms with van der Waals surface area (Å²) in [5, 5.41) is 2.57. The van der Waals surface area contributed by atoms with E-state index in [2.05, 4.69) is 19.2 Å². The maximum Gasteiger partial charge on any atom is 0.251 e. The molecule has 0 saturated heterocycles. The Balaban J connectivity index is 2.94. The Morgan fingerprint density at radius 1 is 1.35 bits per heavy atom. The van der Waals surface area contributed by atoms with Crippen molar-refractivity contribution in [1.29, 1.82) is 0 Å². The average molecular weight is 236 g/mol. The number of hydrogen-bond acceptors (Lipinski definition) is 3. The minimum absolute atomic E-state index is 0.0530. The van der Waals surface area contributed by atoms with Gasteiger partial charge in [-0.3, -0.25) is 4.79 Å². The molecule has 1 atom stereocenters. The van der Waals surface area contributed by atoms with E-state index in [4.69, 9.17) is 10.5 Å². The predicted molar refractivity (Wildman–Crippen MR) is 69.2 cm³/mol. The van der Waals surface area contributed by atoms with E-state index in [0.717, 1.165) is 0 Å². The van der Waals surface area contributed by atoms with Crippen molar-refractivity contribution in [3.8, 4) is 5.75 Å². The first-order valence-electron chi connectivity index (χ1n) is 5.74.